The van der Waals surface area contributed by atoms with Gasteiger partial charge >= 0.3 is 0 Å². The second kappa shape index (κ2) is 5.66. The van der Waals surface area contributed by atoms with E-state index in [1.807, 2.05) is 12.3 Å². The molecule has 1 aliphatic rings. The second-order valence-corrected chi connectivity index (χ2v) is 4.27. The lowest BCUT2D eigenvalue weighted by Crippen LogP contribution is -2.16. The van der Waals surface area contributed by atoms with Crippen LogP contribution in [-0.2, 0) is 6.42 Å². The SMILES string of the molecule is Nc1ccncc1CC=CCCNC1CC1. The summed E-state index contributed by atoms with van der Waals surface area (Å²) < 4.78 is 0. The van der Waals surface area contributed by atoms with E-state index in [1.54, 1.807) is 6.20 Å². The maximum Gasteiger partial charge on any atom is 0.0380 e. The Balaban J connectivity index is 1.65. The molecule has 0 unspecified atom stereocenters. The number of hydrogen-bond donors (Lipinski definition) is 2. The highest BCUT2D eigenvalue weighted by Gasteiger charge is 2.19. The summed E-state index contributed by atoms with van der Waals surface area (Å²) in [6.07, 6.45) is 12.6. The average Bonchev–Trinajstić information content (AvgIpc) is 3.09. The van der Waals surface area contributed by atoms with E-state index in [0.29, 0.717) is 0 Å². The minimum Gasteiger partial charge on any atom is -0.398 e. The molecule has 0 amide bonds. The highest BCUT2D eigenvalue weighted by Crippen LogP contribution is 2.18. The molecule has 2 rings (SSSR count). The Kier molecular flexibility index (Phi) is 3.94. The number of nitrogens with one attached hydrogen (secondary N) is 1. The molecule has 86 valence electrons. The fraction of sp³-hybridized carbons (Fsp3) is 0.462. The third kappa shape index (κ3) is 3.66. The van der Waals surface area contributed by atoms with Crippen LogP contribution in [0.3, 0.4) is 0 Å². The van der Waals surface area contributed by atoms with Crippen molar-refractivity contribution in [2.75, 3.05) is 12.3 Å². The molecule has 0 bridgehead atoms. The second-order valence-electron chi connectivity index (χ2n) is 4.27. The van der Waals surface area contributed by atoms with E-state index in [9.17, 15) is 0 Å². The molecule has 1 aromatic heterocycles. The van der Waals surface area contributed by atoms with Crippen LogP contribution >= 0.6 is 0 Å². The first-order valence-corrected chi connectivity index (χ1v) is 5.93. The number of pyridine rings is 1. The summed E-state index contributed by atoms with van der Waals surface area (Å²) in [4.78, 5) is 4.07. The van der Waals surface area contributed by atoms with Crippen LogP contribution in [-0.4, -0.2) is 17.6 Å². The van der Waals surface area contributed by atoms with Gasteiger partial charge in [0.1, 0.15) is 0 Å². The number of nitrogen functional groups attached to an aromatic ring is 1. The monoisotopic (exact) mass is 217 g/mol. The first kappa shape index (κ1) is 11.1. The molecule has 0 aliphatic heterocycles. The van der Waals surface area contributed by atoms with Gasteiger partial charge in [0.2, 0.25) is 0 Å². The van der Waals surface area contributed by atoms with Gasteiger partial charge in [0.15, 0.2) is 0 Å². The van der Waals surface area contributed by atoms with Crippen molar-refractivity contribution in [3.63, 3.8) is 0 Å². The first-order valence-electron chi connectivity index (χ1n) is 5.93. The Morgan fingerprint density at radius 3 is 3.06 bits per heavy atom. The number of hydrogen-bond acceptors (Lipinski definition) is 3. The average molecular weight is 217 g/mol. The molecule has 1 aliphatic carbocycles. The van der Waals surface area contributed by atoms with Crippen molar-refractivity contribution in [1.82, 2.24) is 10.3 Å². The smallest absolute Gasteiger partial charge is 0.0380 e. The summed E-state index contributed by atoms with van der Waals surface area (Å²) >= 11 is 0. The van der Waals surface area contributed by atoms with Crippen LogP contribution in [0.15, 0.2) is 30.6 Å². The Morgan fingerprint density at radius 2 is 2.31 bits per heavy atom. The van der Waals surface area contributed by atoms with Gasteiger partial charge in [-0.1, -0.05) is 12.2 Å². The van der Waals surface area contributed by atoms with Crippen LogP contribution in [0.1, 0.15) is 24.8 Å². The lowest BCUT2D eigenvalue weighted by molar-refractivity contribution is 0.690. The van der Waals surface area contributed by atoms with Crippen molar-refractivity contribution in [2.45, 2.75) is 31.7 Å². The molecule has 0 saturated heterocycles. The van der Waals surface area contributed by atoms with Crippen molar-refractivity contribution < 1.29 is 0 Å². The topological polar surface area (TPSA) is 50.9 Å². The van der Waals surface area contributed by atoms with Gasteiger partial charge in [0.05, 0.1) is 0 Å². The van der Waals surface area contributed by atoms with Gasteiger partial charge in [-0.05, 0) is 43.9 Å². The van der Waals surface area contributed by atoms with Crippen LogP contribution in [0.5, 0.6) is 0 Å². The van der Waals surface area contributed by atoms with E-state index in [-0.39, 0.29) is 0 Å². The first-order chi connectivity index (χ1) is 7.86. The zero-order chi connectivity index (χ0) is 11.2. The van der Waals surface area contributed by atoms with Crippen molar-refractivity contribution in [3.05, 3.63) is 36.2 Å². The largest absolute Gasteiger partial charge is 0.398 e. The van der Waals surface area contributed by atoms with Crippen molar-refractivity contribution >= 4 is 5.69 Å². The summed E-state index contributed by atoms with van der Waals surface area (Å²) in [5.74, 6) is 0. The van der Waals surface area contributed by atoms with Crippen molar-refractivity contribution in [3.8, 4) is 0 Å². The minimum absolute atomic E-state index is 0.808. The summed E-state index contributed by atoms with van der Waals surface area (Å²) in [7, 11) is 0. The van der Waals surface area contributed by atoms with E-state index in [2.05, 4.69) is 22.5 Å². The highest BCUT2D eigenvalue weighted by molar-refractivity contribution is 5.45. The van der Waals surface area contributed by atoms with Gasteiger partial charge in [-0.3, -0.25) is 4.98 Å². The zero-order valence-corrected chi connectivity index (χ0v) is 9.52. The summed E-state index contributed by atoms with van der Waals surface area (Å²) in [6, 6.07) is 2.65. The Labute approximate surface area is 96.8 Å². The van der Waals surface area contributed by atoms with Crippen LogP contribution in [0.4, 0.5) is 5.69 Å². The van der Waals surface area contributed by atoms with Gasteiger partial charge in [-0.2, -0.15) is 0 Å². The predicted molar refractivity (Wildman–Crippen MR) is 67.1 cm³/mol. The lowest BCUT2D eigenvalue weighted by atomic mass is 10.1. The quantitative estimate of drug-likeness (QED) is 0.565. The van der Waals surface area contributed by atoms with Gasteiger partial charge in [-0.25, -0.2) is 0 Å². The molecule has 1 saturated carbocycles. The number of anilines is 1. The number of nitrogens with two attached hydrogens (primary N) is 1. The lowest BCUT2D eigenvalue weighted by Gasteiger charge is -2.00. The molecular weight excluding hydrogens is 198 g/mol. The molecule has 3 N–H and O–H groups in total. The molecule has 3 nitrogen and oxygen atoms in total. The molecule has 16 heavy (non-hydrogen) atoms. The molecule has 3 heteroatoms. The Hall–Kier alpha value is -1.35. The number of nitrogens with zero attached hydrogens (tertiary/aromatic N) is 1. The fourth-order valence-corrected chi connectivity index (χ4v) is 1.59. The van der Waals surface area contributed by atoms with Crippen LogP contribution in [0.2, 0.25) is 0 Å². The normalized spacial score (nSPS) is 15.8. The summed E-state index contributed by atoms with van der Waals surface area (Å²) in [6.45, 7) is 1.09. The Bertz CT molecular complexity index is 356. The van der Waals surface area contributed by atoms with Crippen LogP contribution in [0.25, 0.3) is 0 Å². The van der Waals surface area contributed by atoms with Crippen molar-refractivity contribution in [1.29, 1.82) is 0 Å². The number of allylic oxidation sites excluding steroid dienone is 1. The van der Waals surface area contributed by atoms with Crippen LogP contribution < -0.4 is 11.1 Å². The summed E-state index contributed by atoms with van der Waals surface area (Å²) in [5.41, 5.74) is 7.76. The molecule has 1 aromatic rings. The molecule has 0 aromatic carbocycles. The molecule has 0 atom stereocenters. The molecule has 1 fully saturated rings. The fourth-order valence-electron chi connectivity index (χ4n) is 1.59. The predicted octanol–water partition coefficient (Wildman–Crippen LogP) is 1.90. The number of aromatic nitrogens is 1. The highest BCUT2D eigenvalue weighted by atomic mass is 14.9. The third-order valence-corrected chi connectivity index (χ3v) is 2.77. The van der Waals surface area contributed by atoms with Gasteiger partial charge in [0.25, 0.3) is 0 Å². The van der Waals surface area contributed by atoms with E-state index in [0.717, 1.165) is 36.7 Å². The molecule has 1 heterocycles. The minimum atomic E-state index is 0.808. The number of rotatable bonds is 6. The van der Waals surface area contributed by atoms with E-state index in [4.69, 9.17) is 5.73 Å². The summed E-state index contributed by atoms with van der Waals surface area (Å²) in [5, 5.41) is 3.48. The molecule has 0 spiro atoms. The van der Waals surface area contributed by atoms with Crippen molar-refractivity contribution in [2.24, 2.45) is 0 Å². The maximum atomic E-state index is 5.82. The third-order valence-electron chi connectivity index (χ3n) is 2.77. The molecule has 0 radical (unpaired) electrons. The Morgan fingerprint density at radius 1 is 1.44 bits per heavy atom. The van der Waals surface area contributed by atoms with Crippen LogP contribution in [0, 0.1) is 0 Å². The zero-order valence-electron chi connectivity index (χ0n) is 9.52. The van der Waals surface area contributed by atoms with Gasteiger partial charge in [0, 0.05) is 24.1 Å². The van der Waals surface area contributed by atoms with E-state index < -0.39 is 0 Å². The standard InChI is InChI=1S/C13H19N3/c14-13-7-9-15-10-11(13)4-2-1-3-8-16-12-5-6-12/h1-2,7,9-10,12,16H,3-6,8H2,(H2,14,15). The van der Waals surface area contributed by atoms with Gasteiger partial charge < -0.3 is 11.1 Å². The van der Waals surface area contributed by atoms with E-state index in [1.165, 1.54) is 12.8 Å². The molecular formula is C13H19N3. The maximum absolute atomic E-state index is 5.82. The van der Waals surface area contributed by atoms with Gasteiger partial charge in [-0.15, -0.1) is 0 Å². The van der Waals surface area contributed by atoms with E-state index >= 15 is 0 Å².